The van der Waals surface area contributed by atoms with E-state index in [0.29, 0.717) is 5.56 Å². The molecular weight excluding hydrogens is 359 g/mol. The van der Waals surface area contributed by atoms with E-state index in [9.17, 15) is 22.0 Å². The highest BCUT2D eigenvalue weighted by Gasteiger charge is 2.12. The molecule has 0 bridgehead atoms. The van der Waals surface area contributed by atoms with Gasteiger partial charge in [0.05, 0.1) is 0 Å². The van der Waals surface area contributed by atoms with Crippen molar-refractivity contribution in [2.45, 2.75) is 0 Å². The van der Waals surface area contributed by atoms with Crippen molar-refractivity contribution in [2.75, 3.05) is 0 Å². The molecule has 0 amide bonds. The molecule has 0 saturated heterocycles. The zero-order valence-electron chi connectivity index (χ0n) is 13.9. The molecule has 0 heterocycles. The van der Waals surface area contributed by atoms with E-state index < -0.39 is 29.1 Å². The Balaban J connectivity index is 1.89. The molecule has 0 nitrogen and oxygen atoms in total. The highest BCUT2D eigenvalue weighted by Crippen LogP contribution is 2.29. The second kappa shape index (κ2) is 7.58. The van der Waals surface area contributed by atoms with Gasteiger partial charge in [0.25, 0.3) is 0 Å². The van der Waals surface area contributed by atoms with Crippen LogP contribution in [0.4, 0.5) is 22.0 Å². The van der Waals surface area contributed by atoms with E-state index >= 15 is 0 Å². The Labute approximate surface area is 152 Å². The van der Waals surface area contributed by atoms with Crippen molar-refractivity contribution in [2.24, 2.45) is 0 Å². The van der Waals surface area contributed by atoms with E-state index in [4.69, 9.17) is 0 Å². The molecule has 0 unspecified atom stereocenters. The summed E-state index contributed by atoms with van der Waals surface area (Å²) in [6, 6.07) is 14.6. The molecule has 0 radical (unpaired) electrons. The molecule has 5 heteroatoms. The summed E-state index contributed by atoms with van der Waals surface area (Å²) < 4.78 is 66.8. The lowest BCUT2D eigenvalue weighted by Gasteiger charge is -2.07. The van der Waals surface area contributed by atoms with Crippen molar-refractivity contribution in [1.29, 1.82) is 0 Å². The smallest absolute Gasteiger partial charge is 0.194 e. The van der Waals surface area contributed by atoms with E-state index in [0.717, 1.165) is 29.3 Å². The van der Waals surface area contributed by atoms with Crippen molar-refractivity contribution >= 4 is 5.83 Å². The molecule has 0 fully saturated rings. The van der Waals surface area contributed by atoms with E-state index in [2.05, 4.69) is 6.58 Å². The summed E-state index contributed by atoms with van der Waals surface area (Å²) >= 11 is 0. The first-order valence-electron chi connectivity index (χ1n) is 7.94. The summed E-state index contributed by atoms with van der Waals surface area (Å²) in [6.45, 7) is 3.18. The molecule has 0 aliphatic carbocycles. The lowest BCUT2D eigenvalue weighted by molar-refractivity contribution is 0.448. The molecule has 0 N–H and O–H groups in total. The average Bonchev–Trinajstić information content (AvgIpc) is 2.70. The lowest BCUT2D eigenvalue weighted by Crippen LogP contribution is -1.91. The fourth-order valence-electron chi connectivity index (χ4n) is 2.61. The monoisotopic (exact) mass is 372 g/mol. The maximum Gasteiger partial charge on any atom is 0.194 e. The molecule has 0 atom stereocenters. The number of allylic oxidation sites excluding steroid dienone is 2. The Morgan fingerprint density at radius 2 is 1.07 bits per heavy atom. The van der Waals surface area contributed by atoms with Gasteiger partial charge < -0.3 is 0 Å². The maximum atomic E-state index is 13.7. The highest BCUT2D eigenvalue weighted by molar-refractivity contribution is 5.72. The Kier molecular flexibility index (Phi) is 5.21. The Morgan fingerprint density at radius 3 is 1.52 bits per heavy atom. The summed E-state index contributed by atoms with van der Waals surface area (Å²) in [5.41, 5.74) is 2.32. The van der Waals surface area contributed by atoms with Crippen molar-refractivity contribution in [3.8, 4) is 22.3 Å². The maximum absolute atomic E-state index is 13.7. The molecule has 27 heavy (non-hydrogen) atoms. The van der Waals surface area contributed by atoms with E-state index in [1.54, 1.807) is 36.4 Å². The summed E-state index contributed by atoms with van der Waals surface area (Å²) in [4.78, 5) is 0. The third-order valence-corrected chi connectivity index (χ3v) is 4.06. The molecule has 3 aromatic carbocycles. The third kappa shape index (κ3) is 3.82. The van der Waals surface area contributed by atoms with Gasteiger partial charge in [-0.1, -0.05) is 55.1 Å². The van der Waals surface area contributed by atoms with Crippen LogP contribution in [-0.2, 0) is 0 Å². The van der Waals surface area contributed by atoms with Crippen LogP contribution in [0.2, 0.25) is 0 Å². The molecule has 0 aromatic heterocycles. The van der Waals surface area contributed by atoms with E-state index in [1.165, 1.54) is 12.1 Å². The standard InChI is InChI=1S/C22H13F5/c1-2-18(23)21(26)16-9-7-14(8-10-16)13-3-5-15(6-4-13)17-11-19(24)22(27)20(25)12-17/h2-12H,1H2. The van der Waals surface area contributed by atoms with Crippen LogP contribution in [0, 0.1) is 17.5 Å². The first-order valence-corrected chi connectivity index (χ1v) is 7.94. The van der Waals surface area contributed by atoms with Gasteiger partial charge in [-0.15, -0.1) is 0 Å². The topological polar surface area (TPSA) is 0 Å². The minimum Gasteiger partial charge on any atom is -0.204 e. The van der Waals surface area contributed by atoms with Crippen LogP contribution in [-0.4, -0.2) is 0 Å². The number of hydrogen-bond donors (Lipinski definition) is 0. The summed E-state index contributed by atoms with van der Waals surface area (Å²) in [6.07, 6.45) is 0.795. The van der Waals surface area contributed by atoms with Gasteiger partial charge in [0.2, 0.25) is 0 Å². The van der Waals surface area contributed by atoms with Crippen LogP contribution in [0.1, 0.15) is 5.56 Å². The Morgan fingerprint density at radius 1 is 0.667 bits per heavy atom. The van der Waals surface area contributed by atoms with Gasteiger partial charge in [0.15, 0.2) is 29.1 Å². The minimum absolute atomic E-state index is 0.0880. The zero-order valence-corrected chi connectivity index (χ0v) is 13.9. The molecular formula is C22H13F5. The average molecular weight is 372 g/mol. The van der Waals surface area contributed by atoms with Crippen LogP contribution < -0.4 is 0 Å². The fourth-order valence-corrected chi connectivity index (χ4v) is 2.61. The summed E-state index contributed by atoms with van der Waals surface area (Å²) in [7, 11) is 0. The van der Waals surface area contributed by atoms with Gasteiger partial charge in [0, 0.05) is 5.56 Å². The van der Waals surface area contributed by atoms with E-state index in [-0.39, 0.29) is 11.1 Å². The number of benzene rings is 3. The van der Waals surface area contributed by atoms with Gasteiger partial charge in [0.1, 0.15) is 0 Å². The first kappa shape index (κ1) is 18.6. The molecule has 136 valence electrons. The fraction of sp³-hybridized carbons (Fsp3) is 0. The Bertz CT molecular complexity index is 993. The quantitative estimate of drug-likeness (QED) is 0.257. The SMILES string of the molecule is C=CC(F)=C(F)c1ccc(-c2ccc(-c3cc(F)c(F)c(F)c3)cc2)cc1. The van der Waals surface area contributed by atoms with Gasteiger partial charge in [-0.05, 0) is 40.5 Å². The minimum atomic E-state index is -1.51. The highest BCUT2D eigenvalue weighted by atomic mass is 19.2. The van der Waals surface area contributed by atoms with Gasteiger partial charge in [-0.2, -0.15) is 0 Å². The van der Waals surface area contributed by atoms with Gasteiger partial charge in [-0.3, -0.25) is 0 Å². The molecule has 3 aromatic rings. The van der Waals surface area contributed by atoms with Crippen molar-refractivity contribution in [1.82, 2.24) is 0 Å². The molecule has 0 saturated carbocycles. The van der Waals surface area contributed by atoms with Gasteiger partial charge in [-0.25, -0.2) is 22.0 Å². The number of halogens is 5. The summed E-state index contributed by atoms with van der Waals surface area (Å²) in [5.74, 6) is -6.05. The largest absolute Gasteiger partial charge is 0.204 e. The first-order chi connectivity index (χ1) is 12.9. The number of rotatable bonds is 4. The van der Waals surface area contributed by atoms with Crippen molar-refractivity contribution < 1.29 is 22.0 Å². The third-order valence-electron chi connectivity index (χ3n) is 4.06. The second-order valence-corrected chi connectivity index (χ2v) is 5.77. The van der Waals surface area contributed by atoms with Crippen LogP contribution in [0.5, 0.6) is 0 Å². The Hall–Kier alpha value is -3.21. The molecule has 0 aliphatic heterocycles. The predicted molar refractivity (Wildman–Crippen MR) is 96.5 cm³/mol. The van der Waals surface area contributed by atoms with Crippen molar-refractivity contribution in [3.05, 3.63) is 102 Å². The van der Waals surface area contributed by atoms with Gasteiger partial charge >= 0.3 is 0 Å². The predicted octanol–water partition coefficient (Wildman–Crippen LogP) is 7.23. The molecule has 0 aliphatic rings. The summed E-state index contributed by atoms with van der Waals surface area (Å²) in [5, 5.41) is 0. The van der Waals surface area contributed by atoms with Crippen LogP contribution in [0.25, 0.3) is 28.1 Å². The normalized spacial score (nSPS) is 11.9. The lowest BCUT2D eigenvalue weighted by atomic mass is 9.99. The zero-order chi connectivity index (χ0) is 19.6. The second-order valence-electron chi connectivity index (χ2n) is 5.77. The van der Waals surface area contributed by atoms with Crippen LogP contribution in [0.15, 0.2) is 79.1 Å². The van der Waals surface area contributed by atoms with Crippen LogP contribution >= 0.6 is 0 Å². The molecule has 0 spiro atoms. The molecule has 3 rings (SSSR count). The van der Waals surface area contributed by atoms with E-state index in [1.807, 2.05) is 0 Å². The number of hydrogen-bond acceptors (Lipinski definition) is 0. The van der Waals surface area contributed by atoms with Crippen molar-refractivity contribution in [3.63, 3.8) is 0 Å². The van der Waals surface area contributed by atoms with Crippen LogP contribution in [0.3, 0.4) is 0 Å².